The average Bonchev–Trinajstić information content (AvgIpc) is 3.12. The number of aryl methyl sites for hydroxylation is 2. The highest BCUT2D eigenvalue weighted by molar-refractivity contribution is 5.38. The highest BCUT2D eigenvalue weighted by Gasteiger charge is 2.02. The summed E-state index contributed by atoms with van der Waals surface area (Å²) in [6, 6.07) is 13.9. The zero-order chi connectivity index (χ0) is 16.8. The molecule has 0 spiro atoms. The molecule has 0 aliphatic heterocycles. The minimum Gasteiger partial charge on any atom is -0.493 e. The van der Waals surface area contributed by atoms with Gasteiger partial charge in [-0.05, 0) is 53.6 Å². The molecule has 0 aliphatic rings. The van der Waals surface area contributed by atoms with Crippen LogP contribution in [0.2, 0.25) is 0 Å². The molecule has 0 radical (unpaired) electrons. The summed E-state index contributed by atoms with van der Waals surface area (Å²) in [7, 11) is 0. The Morgan fingerprint density at radius 2 is 1.88 bits per heavy atom. The molecular weight excluding hydrogens is 304 g/mol. The Kier molecular flexibility index (Phi) is 5.05. The van der Waals surface area contributed by atoms with Gasteiger partial charge in [0.15, 0.2) is 0 Å². The number of aromatic nitrogens is 4. The molecule has 0 aliphatic carbocycles. The molecule has 0 atom stereocenters. The van der Waals surface area contributed by atoms with E-state index in [0.717, 1.165) is 29.2 Å². The fraction of sp³-hybridized carbons (Fsp3) is 0.278. The Morgan fingerprint density at radius 1 is 1.00 bits per heavy atom. The van der Waals surface area contributed by atoms with Gasteiger partial charge < -0.3 is 9.47 Å². The molecule has 0 amide bonds. The van der Waals surface area contributed by atoms with Crippen molar-refractivity contribution < 1.29 is 9.47 Å². The normalized spacial score (nSPS) is 10.6. The molecule has 1 aromatic heterocycles. The van der Waals surface area contributed by atoms with Crippen LogP contribution in [0.5, 0.6) is 11.5 Å². The van der Waals surface area contributed by atoms with Crippen LogP contribution in [0.15, 0.2) is 48.8 Å². The fourth-order valence-corrected chi connectivity index (χ4v) is 2.29. The molecule has 0 N–H and O–H groups in total. The predicted octanol–water partition coefficient (Wildman–Crippen LogP) is 3.13. The van der Waals surface area contributed by atoms with Gasteiger partial charge >= 0.3 is 0 Å². The molecule has 2 aromatic carbocycles. The summed E-state index contributed by atoms with van der Waals surface area (Å²) in [4.78, 5) is 0. The van der Waals surface area contributed by atoms with Crippen LogP contribution in [0.4, 0.5) is 0 Å². The lowest BCUT2D eigenvalue weighted by molar-refractivity contribution is 0.246. The Bertz CT molecular complexity index is 787. The summed E-state index contributed by atoms with van der Waals surface area (Å²) in [5.41, 5.74) is 3.21. The third-order valence-electron chi connectivity index (χ3n) is 3.59. The lowest BCUT2D eigenvalue weighted by Crippen LogP contribution is -2.06. The van der Waals surface area contributed by atoms with Gasteiger partial charge in [0.1, 0.15) is 17.8 Å². The molecule has 0 saturated heterocycles. The number of tetrazole rings is 1. The third-order valence-corrected chi connectivity index (χ3v) is 3.59. The van der Waals surface area contributed by atoms with Crippen molar-refractivity contribution in [3.05, 3.63) is 59.9 Å². The summed E-state index contributed by atoms with van der Waals surface area (Å²) in [6.07, 6.45) is 2.36. The summed E-state index contributed by atoms with van der Waals surface area (Å²) in [5.74, 6) is 1.73. The Labute approximate surface area is 141 Å². The molecule has 0 saturated carbocycles. The number of hydrogen-bond acceptors (Lipinski definition) is 5. The lowest BCUT2D eigenvalue weighted by Gasteiger charge is -2.11. The van der Waals surface area contributed by atoms with Crippen LogP contribution in [0, 0.1) is 13.8 Å². The van der Waals surface area contributed by atoms with Gasteiger partial charge in [-0.1, -0.05) is 18.2 Å². The largest absolute Gasteiger partial charge is 0.493 e. The molecular formula is C18H20N4O2. The Morgan fingerprint density at radius 3 is 2.71 bits per heavy atom. The number of ether oxygens (including phenoxy) is 2. The van der Waals surface area contributed by atoms with Crippen LogP contribution in [0.3, 0.4) is 0 Å². The smallest absolute Gasteiger partial charge is 0.143 e. The SMILES string of the molecule is Cc1ccc(C)c(OCCCOc2cccc(-n3cnnn3)c2)c1. The van der Waals surface area contributed by atoms with Gasteiger partial charge in [-0.25, -0.2) is 4.68 Å². The van der Waals surface area contributed by atoms with Crippen LogP contribution >= 0.6 is 0 Å². The van der Waals surface area contributed by atoms with Gasteiger partial charge in [-0.2, -0.15) is 0 Å². The monoisotopic (exact) mass is 324 g/mol. The molecule has 3 rings (SSSR count). The number of nitrogens with zero attached hydrogens (tertiary/aromatic N) is 4. The van der Waals surface area contributed by atoms with E-state index in [1.807, 2.05) is 24.3 Å². The highest BCUT2D eigenvalue weighted by Crippen LogP contribution is 2.19. The first-order valence-corrected chi connectivity index (χ1v) is 7.89. The Balaban J connectivity index is 1.47. The van der Waals surface area contributed by atoms with Crippen molar-refractivity contribution in [2.24, 2.45) is 0 Å². The fourth-order valence-electron chi connectivity index (χ4n) is 2.29. The van der Waals surface area contributed by atoms with Crippen LogP contribution in [-0.4, -0.2) is 33.4 Å². The zero-order valence-corrected chi connectivity index (χ0v) is 13.8. The van der Waals surface area contributed by atoms with E-state index >= 15 is 0 Å². The van der Waals surface area contributed by atoms with E-state index in [1.54, 1.807) is 11.0 Å². The topological polar surface area (TPSA) is 62.1 Å². The lowest BCUT2D eigenvalue weighted by atomic mass is 10.1. The van der Waals surface area contributed by atoms with E-state index in [4.69, 9.17) is 9.47 Å². The van der Waals surface area contributed by atoms with Gasteiger partial charge in [0, 0.05) is 12.5 Å². The van der Waals surface area contributed by atoms with Crippen molar-refractivity contribution in [2.45, 2.75) is 20.3 Å². The summed E-state index contributed by atoms with van der Waals surface area (Å²) in [6.45, 7) is 5.32. The van der Waals surface area contributed by atoms with Gasteiger partial charge in [0.25, 0.3) is 0 Å². The number of rotatable bonds is 7. The molecule has 24 heavy (non-hydrogen) atoms. The first-order valence-electron chi connectivity index (χ1n) is 7.89. The third kappa shape index (κ3) is 4.10. The van der Waals surface area contributed by atoms with E-state index < -0.39 is 0 Å². The molecule has 6 heteroatoms. The quantitative estimate of drug-likeness (QED) is 0.625. The van der Waals surface area contributed by atoms with Gasteiger partial charge in [-0.3, -0.25) is 0 Å². The number of benzene rings is 2. The zero-order valence-electron chi connectivity index (χ0n) is 13.8. The summed E-state index contributed by atoms with van der Waals surface area (Å²) in [5, 5.41) is 11.1. The Hall–Kier alpha value is -2.89. The average molecular weight is 324 g/mol. The van der Waals surface area contributed by atoms with Crippen molar-refractivity contribution >= 4 is 0 Å². The summed E-state index contributed by atoms with van der Waals surface area (Å²) < 4.78 is 13.2. The van der Waals surface area contributed by atoms with Gasteiger partial charge in [0.05, 0.1) is 18.9 Å². The maximum Gasteiger partial charge on any atom is 0.143 e. The van der Waals surface area contributed by atoms with E-state index in [-0.39, 0.29) is 0 Å². The predicted molar refractivity (Wildman–Crippen MR) is 90.7 cm³/mol. The second-order valence-electron chi connectivity index (χ2n) is 5.57. The van der Waals surface area contributed by atoms with Crippen molar-refractivity contribution in [2.75, 3.05) is 13.2 Å². The molecule has 0 bridgehead atoms. The molecule has 3 aromatic rings. The minimum atomic E-state index is 0.587. The molecule has 0 fully saturated rings. The van der Waals surface area contributed by atoms with Gasteiger partial charge in [-0.15, -0.1) is 5.10 Å². The van der Waals surface area contributed by atoms with E-state index in [9.17, 15) is 0 Å². The standard InChI is InChI=1S/C18H20N4O2/c1-14-7-8-15(2)18(11-14)24-10-4-9-23-17-6-3-5-16(12-17)22-13-19-20-21-22/h3,5-8,11-13H,4,9-10H2,1-2H3. The van der Waals surface area contributed by atoms with E-state index in [2.05, 4.69) is 47.6 Å². The second-order valence-corrected chi connectivity index (χ2v) is 5.57. The van der Waals surface area contributed by atoms with Crippen LogP contribution < -0.4 is 9.47 Å². The van der Waals surface area contributed by atoms with Crippen molar-refractivity contribution in [3.63, 3.8) is 0 Å². The van der Waals surface area contributed by atoms with Gasteiger partial charge in [0.2, 0.25) is 0 Å². The molecule has 6 nitrogen and oxygen atoms in total. The maximum atomic E-state index is 5.83. The minimum absolute atomic E-state index is 0.587. The van der Waals surface area contributed by atoms with E-state index in [1.165, 1.54) is 5.56 Å². The van der Waals surface area contributed by atoms with E-state index in [0.29, 0.717) is 13.2 Å². The van der Waals surface area contributed by atoms with Crippen molar-refractivity contribution in [1.82, 2.24) is 20.2 Å². The van der Waals surface area contributed by atoms with Crippen LogP contribution in [-0.2, 0) is 0 Å². The highest BCUT2D eigenvalue weighted by atomic mass is 16.5. The maximum absolute atomic E-state index is 5.83. The molecule has 124 valence electrons. The van der Waals surface area contributed by atoms with Crippen molar-refractivity contribution in [1.29, 1.82) is 0 Å². The van der Waals surface area contributed by atoms with Crippen LogP contribution in [0.25, 0.3) is 5.69 Å². The first-order chi connectivity index (χ1) is 11.7. The number of hydrogen-bond donors (Lipinski definition) is 0. The molecule has 0 unspecified atom stereocenters. The molecule has 1 heterocycles. The summed E-state index contributed by atoms with van der Waals surface area (Å²) >= 11 is 0. The van der Waals surface area contributed by atoms with Crippen LogP contribution in [0.1, 0.15) is 17.5 Å². The first kappa shape index (κ1) is 16.0. The second kappa shape index (κ2) is 7.59. The van der Waals surface area contributed by atoms with Crippen molar-refractivity contribution in [3.8, 4) is 17.2 Å².